The third kappa shape index (κ3) is 4.67. The van der Waals surface area contributed by atoms with Gasteiger partial charge in [0.2, 0.25) is 11.8 Å². The number of hydrogen-bond donors (Lipinski definition) is 1. The predicted octanol–water partition coefficient (Wildman–Crippen LogP) is 3.88. The molecule has 1 atom stereocenters. The predicted molar refractivity (Wildman–Crippen MR) is 111 cm³/mol. The first-order chi connectivity index (χ1) is 15.0. The minimum Gasteiger partial charge on any atom is -0.456 e. The zero-order valence-electron chi connectivity index (χ0n) is 16.3. The minimum absolute atomic E-state index is 0.0948. The van der Waals surface area contributed by atoms with Crippen LogP contribution in [0, 0.1) is 23.1 Å². The molecule has 1 aliphatic heterocycles. The lowest BCUT2D eigenvalue weighted by Gasteiger charge is -2.16. The molecule has 0 spiro atoms. The summed E-state index contributed by atoms with van der Waals surface area (Å²) >= 11 is 0. The van der Waals surface area contributed by atoms with E-state index in [0.717, 1.165) is 0 Å². The molecule has 1 fully saturated rings. The fourth-order valence-electron chi connectivity index (χ4n) is 3.23. The summed E-state index contributed by atoms with van der Waals surface area (Å²) in [5.74, 6) is -0.0856. The lowest BCUT2D eigenvalue weighted by molar-refractivity contribution is -0.122. The first-order valence-corrected chi connectivity index (χ1v) is 9.53. The van der Waals surface area contributed by atoms with Gasteiger partial charge in [-0.15, -0.1) is 0 Å². The summed E-state index contributed by atoms with van der Waals surface area (Å²) in [6.45, 7) is 0.252. The van der Waals surface area contributed by atoms with Crippen molar-refractivity contribution in [3.05, 3.63) is 78.2 Å². The largest absolute Gasteiger partial charge is 0.456 e. The summed E-state index contributed by atoms with van der Waals surface area (Å²) in [7, 11) is 0. The molecule has 2 amide bonds. The molecule has 2 heterocycles. The SMILES string of the molecule is N#Cc1ccc(N2CC(C(=O)Nc3ccc(Oc4ccc(F)cc4)cn3)CC2=O)cc1. The number of carbonyl (C=O) groups is 2. The molecule has 7 nitrogen and oxygen atoms in total. The average molecular weight is 416 g/mol. The summed E-state index contributed by atoms with van der Waals surface area (Å²) in [6, 6.07) is 17.5. The molecule has 0 aliphatic carbocycles. The van der Waals surface area contributed by atoms with Crippen LogP contribution >= 0.6 is 0 Å². The number of ether oxygens (including phenoxy) is 1. The molecular formula is C23H17FN4O3. The Kier molecular flexibility index (Phi) is 5.58. The van der Waals surface area contributed by atoms with E-state index in [1.807, 2.05) is 6.07 Å². The summed E-state index contributed by atoms with van der Waals surface area (Å²) in [4.78, 5) is 30.7. The number of nitrogens with one attached hydrogen (secondary N) is 1. The Morgan fingerprint density at radius 3 is 2.45 bits per heavy atom. The third-order valence-corrected chi connectivity index (χ3v) is 4.84. The highest BCUT2D eigenvalue weighted by atomic mass is 19.1. The van der Waals surface area contributed by atoms with Crippen LogP contribution in [0.4, 0.5) is 15.9 Å². The first-order valence-electron chi connectivity index (χ1n) is 9.53. The van der Waals surface area contributed by atoms with E-state index in [0.29, 0.717) is 28.6 Å². The Balaban J connectivity index is 1.36. The van der Waals surface area contributed by atoms with Gasteiger partial charge in [-0.05, 0) is 60.7 Å². The number of anilines is 2. The highest BCUT2D eigenvalue weighted by Gasteiger charge is 2.35. The molecule has 1 aromatic heterocycles. The van der Waals surface area contributed by atoms with Crippen LogP contribution in [0.3, 0.4) is 0 Å². The van der Waals surface area contributed by atoms with E-state index in [4.69, 9.17) is 10.00 Å². The number of hydrogen-bond acceptors (Lipinski definition) is 5. The van der Waals surface area contributed by atoms with Crippen molar-refractivity contribution >= 4 is 23.3 Å². The van der Waals surface area contributed by atoms with Crippen LogP contribution in [0.2, 0.25) is 0 Å². The van der Waals surface area contributed by atoms with Gasteiger partial charge in [-0.3, -0.25) is 9.59 Å². The number of amides is 2. The molecule has 154 valence electrons. The number of halogens is 1. The van der Waals surface area contributed by atoms with Crippen molar-refractivity contribution < 1.29 is 18.7 Å². The molecule has 2 aromatic carbocycles. The number of nitrogens with zero attached hydrogens (tertiary/aromatic N) is 3. The number of aromatic nitrogens is 1. The zero-order chi connectivity index (χ0) is 21.8. The summed E-state index contributed by atoms with van der Waals surface area (Å²) in [6.07, 6.45) is 1.54. The maximum atomic E-state index is 13.0. The first kappa shape index (κ1) is 20.0. The molecule has 0 bridgehead atoms. The zero-order valence-corrected chi connectivity index (χ0v) is 16.3. The Morgan fingerprint density at radius 2 is 1.81 bits per heavy atom. The second-order valence-electron chi connectivity index (χ2n) is 6.99. The maximum absolute atomic E-state index is 13.0. The minimum atomic E-state index is -0.514. The molecule has 1 unspecified atom stereocenters. The molecular weight excluding hydrogens is 399 g/mol. The van der Waals surface area contributed by atoms with E-state index < -0.39 is 5.92 Å². The van der Waals surface area contributed by atoms with Crippen LogP contribution in [0.5, 0.6) is 11.5 Å². The second kappa shape index (κ2) is 8.63. The van der Waals surface area contributed by atoms with Gasteiger partial charge in [0.05, 0.1) is 23.7 Å². The molecule has 1 saturated heterocycles. The summed E-state index contributed by atoms with van der Waals surface area (Å²) in [5.41, 5.74) is 1.15. The van der Waals surface area contributed by atoms with Crippen LogP contribution in [0.25, 0.3) is 0 Å². The Hall–Kier alpha value is -4.25. The van der Waals surface area contributed by atoms with Crippen LogP contribution in [-0.4, -0.2) is 23.3 Å². The van der Waals surface area contributed by atoms with Gasteiger partial charge in [0, 0.05) is 18.7 Å². The van der Waals surface area contributed by atoms with Crippen molar-refractivity contribution in [2.75, 3.05) is 16.8 Å². The van der Waals surface area contributed by atoms with Gasteiger partial charge in [0.1, 0.15) is 23.1 Å². The Morgan fingerprint density at radius 1 is 1.10 bits per heavy atom. The van der Waals surface area contributed by atoms with Gasteiger partial charge >= 0.3 is 0 Å². The molecule has 31 heavy (non-hydrogen) atoms. The van der Waals surface area contributed by atoms with Crippen LogP contribution in [-0.2, 0) is 9.59 Å². The molecule has 1 aliphatic rings. The quantitative estimate of drug-likeness (QED) is 0.681. The van der Waals surface area contributed by atoms with Crippen molar-refractivity contribution in [1.29, 1.82) is 5.26 Å². The van der Waals surface area contributed by atoms with Crippen molar-refractivity contribution in [2.45, 2.75) is 6.42 Å². The van der Waals surface area contributed by atoms with Crippen molar-refractivity contribution in [2.24, 2.45) is 5.92 Å². The summed E-state index contributed by atoms with van der Waals surface area (Å²) in [5, 5.41) is 11.6. The third-order valence-electron chi connectivity index (χ3n) is 4.84. The number of benzene rings is 2. The fraction of sp³-hybridized carbons (Fsp3) is 0.130. The van der Waals surface area contributed by atoms with Crippen molar-refractivity contribution in [1.82, 2.24) is 4.98 Å². The van der Waals surface area contributed by atoms with E-state index in [1.165, 1.54) is 30.5 Å². The maximum Gasteiger partial charge on any atom is 0.230 e. The molecule has 1 N–H and O–H groups in total. The normalized spacial score (nSPS) is 15.4. The van der Waals surface area contributed by atoms with Gasteiger partial charge in [-0.25, -0.2) is 9.37 Å². The Labute approximate surface area is 177 Å². The van der Waals surface area contributed by atoms with E-state index >= 15 is 0 Å². The van der Waals surface area contributed by atoms with Gasteiger partial charge < -0.3 is 15.0 Å². The van der Waals surface area contributed by atoms with Crippen molar-refractivity contribution in [3.8, 4) is 17.6 Å². The number of carbonyl (C=O) groups excluding carboxylic acids is 2. The van der Waals surface area contributed by atoms with Crippen LogP contribution < -0.4 is 15.0 Å². The monoisotopic (exact) mass is 416 g/mol. The Bertz CT molecular complexity index is 1140. The topological polar surface area (TPSA) is 95.3 Å². The number of pyridine rings is 1. The number of rotatable bonds is 5. The van der Waals surface area contributed by atoms with E-state index in [9.17, 15) is 14.0 Å². The molecule has 3 aromatic rings. The lowest BCUT2D eigenvalue weighted by atomic mass is 10.1. The molecule has 0 saturated carbocycles. The standard InChI is InChI=1S/C23H17FN4O3/c24-17-3-7-19(8-4-17)31-20-9-10-21(26-13-20)27-23(30)16-11-22(29)28(14-16)18-5-1-15(12-25)2-6-18/h1-10,13,16H,11,14H2,(H,26,27,30). The summed E-state index contributed by atoms with van der Waals surface area (Å²) < 4.78 is 18.5. The molecule has 4 rings (SSSR count). The lowest BCUT2D eigenvalue weighted by Crippen LogP contribution is -2.28. The second-order valence-corrected chi connectivity index (χ2v) is 6.99. The van der Waals surface area contributed by atoms with Gasteiger partial charge in [0.25, 0.3) is 0 Å². The highest BCUT2D eigenvalue weighted by molar-refractivity contribution is 6.03. The fourth-order valence-corrected chi connectivity index (χ4v) is 3.23. The van der Waals surface area contributed by atoms with Crippen molar-refractivity contribution in [3.63, 3.8) is 0 Å². The molecule has 0 radical (unpaired) electrons. The van der Waals surface area contributed by atoms with E-state index in [1.54, 1.807) is 41.3 Å². The van der Waals surface area contributed by atoms with E-state index in [-0.39, 0.29) is 30.6 Å². The van der Waals surface area contributed by atoms with Crippen LogP contribution in [0.15, 0.2) is 66.9 Å². The van der Waals surface area contributed by atoms with E-state index in [2.05, 4.69) is 10.3 Å². The van der Waals surface area contributed by atoms with Gasteiger partial charge in [-0.1, -0.05) is 0 Å². The van der Waals surface area contributed by atoms with Crippen LogP contribution in [0.1, 0.15) is 12.0 Å². The average Bonchev–Trinajstić information content (AvgIpc) is 3.18. The number of nitriles is 1. The van der Waals surface area contributed by atoms with Gasteiger partial charge in [0.15, 0.2) is 0 Å². The highest BCUT2D eigenvalue weighted by Crippen LogP contribution is 2.27. The van der Waals surface area contributed by atoms with Gasteiger partial charge in [-0.2, -0.15) is 5.26 Å². The smallest absolute Gasteiger partial charge is 0.230 e. The molecule has 8 heteroatoms.